The van der Waals surface area contributed by atoms with E-state index in [9.17, 15) is 5.11 Å². The van der Waals surface area contributed by atoms with Crippen LogP contribution in [0.3, 0.4) is 0 Å². The number of nitrogens with two attached hydrogens (primary N) is 2. The summed E-state index contributed by atoms with van der Waals surface area (Å²) in [7, 11) is 0. The van der Waals surface area contributed by atoms with E-state index in [0.717, 1.165) is 44.2 Å². The standard InChI is InChI=1S/C21H34N4O/c1-13(24-22)21(26)11-8-18-16-5-4-14-12-15(25-23)6-9-19(14,2)17(16)7-10-20(18,21)3/h12,16-18,26H,4-11,22-23H2,1-3H3/b24-13?,25-15-/t16-,17+,18+,19-,20-,21-/m0/s1. The molecule has 0 aromatic carbocycles. The third-order valence-corrected chi connectivity index (χ3v) is 9.09. The lowest BCUT2D eigenvalue weighted by atomic mass is 9.46. The van der Waals surface area contributed by atoms with Gasteiger partial charge in [-0.2, -0.15) is 10.2 Å². The van der Waals surface area contributed by atoms with Crippen molar-refractivity contribution in [1.29, 1.82) is 0 Å². The van der Waals surface area contributed by atoms with Crippen molar-refractivity contribution in [1.82, 2.24) is 0 Å². The molecule has 0 spiro atoms. The van der Waals surface area contributed by atoms with Crippen LogP contribution in [0.25, 0.3) is 0 Å². The number of rotatable bonds is 1. The maximum atomic E-state index is 11.5. The first-order valence-electron chi connectivity index (χ1n) is 10.3. The van der Waals surface area contributed by atoms with E-state index in [-0.39, 0.29) is 10.8 Å². The summed E-state index contributed by atoms with van der Waals surface area (Å²) in [6.45, 7) is 6.67. The Morgan fingerprint density at radius 1 is 1.08 bits per heavy atom. The van der Waals surface area contributed by atoms with Crippen LogP contribution in [0.4, 0.5) is 0 Å². The van der Waals surface area contributed by atoms with Crippen molar-refractivity contribution in [2.75, 3.05) is 0 Å². The Kier molecular flexibility index (Phi) is 4.03. The SMILES string of the molecule is CC(=NN)[C@@]1(O)CC[C@@H]2[C@H]3CCC4=C/C(=N\N)CC[C@]4(C)[C@@H]3CC[C@@]21C. The van der Waals surface area contributed by atoms with Gasteiger partial charge in [0.25, 0.3) is 0 Å². The molecule has 3 fully saturated rings. The highest BCUT2D eigenvalue weighted by Gasteiger charge is 2.64. The van der Waals surface area contributed by atoms with Crippen LogP contribution in [-0.4, -0.2) is 22.1 Å². The molecule has 6 atom stereocenters. The van der Waals surface area contributed by atoms with Crippen LogP contribution < -0.4 is 11.7 Å². The van der Waals surface area contributed by atoms with Crippen LogP contribution in [0.15, 0.2) is 21.9 Å². The first-order chi connectivity index (χ1) is 12.3. The largest absolute Gasteiger partial charge is 0.383 e. The van der Waals surface area contributed by atoms with Gasteiger partial charge in [-0.25, -0.2) is 0 Å². The predicted octanol–water partition coefficient (Wildman–Crippen LogP) is 3.33. The van der Waals surface area contributed by atoms with Crippen LogP contribution in [0.5, 0.6) is 0 Å². The fourth-order valence-corrected chi connectivity index (χ4v) is 7.39. The van der Waals surface area contributed by atoms with Crippen LogP contribution in [-0.2, 0) is 0 Å². The summed E-state index contributed by atoms with van der Waals surface area (Å²) in [6, 6.07) is 0. The van der Waals surface area contributed by atoms with Crippen molar-refractivity contribution in [3.05, 3.63) is 11.6 Å². The van der Waals surface area contributed by atoms with E-state index >= 15 is 0 Å². The Balaban J connectivity index is 1.68. The maximum Gasteiger partial charge on any atom is 0.110 e. The van der Waals surface area contributed by atoms with Gasteiger partial charge in [-0.05, 0) is 87.5 Å². The molecule has 0 radical (unpaired) electrons. The highest BCUT2D eigenvalue weighted by atomic mass is 16.3. The molecule has 0 aliphatic heterocycles. The van der Waals surface area contributed by atoms with Crippen LogP contribution >= 0.6 is 0 Å². The maximum absolute atomic E-state index is 11.5. The molecule has 4 aliphatic carbocycles. The quantitative estimate of drug-likeness (QED) is 0.381. The van der Waals surface area contributed by atoms with Crippen molar-refractivity contribution in [2.45, 2.75) is 77.7 Å². The minimum absolute atomic E-state index is 0.1000. The number of fused-ring (bicyclic) bond motifs is 5. The van der Waals surface area contributed by atoms with E-state index in [2.05, 4.69) is 30.1 Å². The van der Waals surface area contributed by atoms with Gasteiger partial charge in [0.2, 0.25) is 0 Å². The average molecular weight is 359 g/mol. The number of allylic oxidation sites excluding steroid dienone is 2. The summed E-state index contributed by atoms with van der Waals surface area (Å²) in [5, 5.41) is 19.4. The molecule has 4 aliphatic rings. The van der Waals surface area contributed by atoms with E-state index in [1.165, 1.54) is 12.8 Å². The second-order valence-corrected chi connectivity index (χ2v) is 9.69. The van der Waals surface area contributed by atoms with Gasteiger partial charge in [0.15, 0.2) is 0 Å². The van der Waals surface area contributed by atoms with Crippen LogP contribution in [0.1, 0.15) is 72.1 Å². The topological polar surface area (TPSA) is 97.0 Å². The molecule has 144 valence electrons. The van der Waals surface area contributed by atoms with E-state index in [0.29, 0.717) is 23.5 Å². The summed E-state index contributed by atoms with van der Waals surface area (Å²) < 4.78 is 0. The molecule has 0 unspecified atom stereocenters. The molecule has 4 rings (SSSR count). The Labute approximate surface area is 157 Å². The summed E-state index contributed by atoms with van der Waals surface area (Å²) in [5.41, 5.74) is 2.67. The highest BCUT2D eigenvalue weighted by molar-refractivity contribution is 5.96. The molecule has 5 nitrogen and oxygen atoms in total. The zero-order valence-corrected chi connectivity index (χ0v) is 16.5. The van der Waals surface area contributed by atoms with Gasteiger partial charge in [-0.1, -0.05) is 19.4 Å². The van der Waals surface area contributed by atoms with Crippen molar-refractivity contribution >= 4 is 11.4 Å². The van der Waals surface area contributed by atoms with E-state index in [1.54, 1.807) is 5.57 Å². The Morgan fingerprint density at radius 3 is 2.50 bits per heavy atom. The second-order valence-electron chi connectivity index (χ2n) is 9.69. The van der Waals surface area contributed by atoms with Crippen molar-refractivity contribution in [2.24, 2.45) is 50.5 Å². The average Bonchev–Trinajstić information content (AvgIpc) is 2.92. The van der Waals surface area contributed by atoms with Gasteiger partial charge in [0.1, 0.15) is 5.60 Å². The zero-order chi connectivity index (χ0) is 18.7. The highest BCUT2D eigenvalue weighted by Crippen LogP contribution is 2.67. The van der Waals surface area contributed by atoms with Crippen molar-refractivity contribution < 1.29 is 5.11 Å². The molecule has 0 bridgehead atoms. The first kappa shape index (κ1) is 18.0. The van der Waals surface area contributed by atoms with Gasteiger partial charge < -0.3 is 16.8 Å². The molecule has 0 aromatic heterocycles. The number of hydrogen-bond acceptors (Lipinski definition) is 5. The molecule has 0 heterocycles. The molecular formula is C21H34N4O. The minimum Gasteiger partial charge on any atom is -0.383 e. The first-order valence-corrected chi connectivity index (χ1v) is 10.3. The van der Waals surface area contributed by atoms with E-state index < -0.39 is 5.60 Å². The molecule has 0 amide bonds. The Bertz CT molecular complexity index is 698. The summed E-state index contributed by atoms with van der Waals surface area (Å²) in [5.74, 6) is 13.1. The number of hydrogen-bond donors (Lipinski definition) is 3. The second kappa shape index (κ2) is 5.82. The molecule has 26 heavy (non-hydrogen) atoms. The lowest BCUT2D eigenvalue weighted by Crippen LogP contribution is -2.57. The van der Waals surface area contributed by atoms with Gasteiger partial charge in [-0.3, -0.25) is 0 Å². The summed E-state index contributed by atoms with van der Waals surface area (Å²) >= 11 is 0. The van der Waals surface area contributed by atoms with Gasteiger partial charge in [0.05, 0.1) is 11.4 Å². The predicted molar refractivity (Wildman–Crippen MR) is 106 cm³/mol. The van der Waals surface area contributed by atoms with Gasteiger partial charge in [0, 0.05) is 5.41 Å². The fourth-order valence-electron chi connectivity index (χ4n) is 7.39. The lowest BCUT2D eigenvalue weighted by Gasteiger charge is -2.59. The molecule has 0 saturated heterocycles. The van der Waals surface area contributed by atoms with Crippen molar-refractivity contribution in [3.8, 4) is 0 Å². The molecule has 5 N–H and O–H groups in total. The Hall–Kier alpha value is -1.36. The normalized spacial score (nSPS) is 50.0. The minimum atomic E-state index is -0.833. The number of hydrazone groups is 2. The zero-order valence-electron chi connectivity index (χ0n) is 16.5. The molecule has 3 saturated carbocycles. The molecule has 0 aromatic rings. The van der Waals surface area contributed by atoms with Crippen molar-refractivity contribution in [3.63, 3.8) is 0 Å². The molecule has 5 heteroatoms. The third kappa shape index (κ3) is 2.12. The molecular weight excluding hydrogens is 324 g/mol. The van der Waals surface area contributed by atoms with Crippen LogP contribution in [0, 0.1) is 28.6 Å². The van der Waals surface area contributed by atoms with Gasteiger partial charge in [-0.15, -0.1) is 0 Å². The van der Waals surface area contributed by atoms with Crippen LogP contribution in [0.2, 0.25) is 0 Å². The smallest absolute Gasteiger partial charge is 0.110 e. The summed E-state index contributed by atoms with van der Waals surface area (Å²) in [6.07, 6.45) is 10.9. The number of aliphatic hydroxyl groups is 1. The lowest BCUT2D eigenvalue weighted by molar-refractivity contribution is -0.0945. The Morgan fingerprint density at radius 2 is 1.81 bits per heavy atom. The van der Waals surface area contributed by atoms with E-state index in [4.69, 9.17) is 11.7 Å². The fraction of sp³-hybridized carbons (Fsp3) is 0.810. The number of nitrogens with zero attached hydrogens (tertiary/aromatic N) is 2. The third-order valence-electron chi connectivity index (χ3n) is 9.09. The summed E-state index contributed by atoms with van der Waals surface area (Å²) in [4.78, 5) is 0. The monoisotopic (exact) mass is 358 g/mol. The van der Waals surface area contributed by atoms with Gasteiger partial charge >= 0.3 is 0 Å². The van der Waals surface area contributed by atoms with E-state index in [1.807, 2.05) is 6.92 Å².